The van der Waals surface area contributed by atoms with Crippen molar-refractivity contribution in [1.82, 2.24) is 0 Å². The number of aryl methyl sites for hydroxylation is 2. The zero-order valence-electron chi connectivity index (χ0n) is 14.2. The molecule has 0 fully saturated rings. The van der Waals surface area contributed by atoms with Gasteiger partial charge in [-0.25, -0.2) is 8.78 Å². The first-order valence-electron chi connectivity index (χ1n) is 7.83. The second-order valence-corrected chi connectivity index (χ2v) is 6.02. The van der Waals surface area contributed by atoms with Crippen LogP contribution in [-0.4, -0.2) is 5.97 Å². The molecule has 0 unspecified atom stereocenters. The first kappa shape index (κ1) is 19.2. The van der Waals surface area contributed by atoms with Crippen LogP contribution in [0.5, 0.6) is 11.5 Å². The number of rotatable bonds is 6. The van der Waals surface area contributed by atoms with Crippen LogP contribution in [0.1, 0.15) is 42.0 Å². The number of alkyl halides is 2. The van der Waals surface area contributed by atoms with Crippen molar-refractivity contribution >= 4 is 17.6 Å². The Balaban J connectivity index is 2.30. The number of hydrogen-bond acceptors (Lipinski definition) is 3. The Hall–Kier alpha value is -2.14. The minimum absolute atomic E-state index is 0.0887. The summed E-state index contributed by atoms with van der Waals surface area (Å²) in [6.45, 7) is 5.17. The Morgan fingerprint density at radius 2 is 1.84 bits per heavy atom. The van der Waals surface area contributed by atoms with Crippen LogP contribution < -0.4 is 9.47 Å². The van der Waals surface area contributed by atoms with Crippen LogP contribution in [0, 0.1) is 13.8 Å². The van der Waals surface area contributed by atoms with E-state index in [9.17, 15) is 13.6 Å². The molecule has 0 aliphatic heterocycles. The molecule has 134 valence electrons. The molecular formula is C19H19ClF2O3. The normalized spacial score (nSPS) is 10.8. The molecule has 25 heavy (non-hydrogen) atoms. The molecule has 0 amide bonds. The second-order valence-electron chi connectivity index (χ2n) is 5.61. The summed E-state index contributed by atoms with van der Waals surface area (Å²) in [7, 11) is 0. The number of benzene rings is 2. The molecule has 2 aromatic carbocycles. The molecule has 2 aromatic rings. The lowest BCUT2D eigenvalue weighted by Crippen LogP contribution is -2.09. The molecule has 0 aliphatic carbocycles. The van der Waals surface area contributed by atoms with Crippen molar-refractivity contribution in [3.05, 3.63) is 57.6 Å². The van der Waals surface area contributed by atoms with Crippen LogP contribution >= 0.6 is 11.6 Å². The van der Waals surface area contributed by atoms with Crippen molar-refractivity contribution in [3.63, 3.8) is 0 Å². The zero-order chi connectivity index (χ0) is 18.6. The van der Waals surface area contributed by atoms with E-state index in [0.717, 1.165) is 11.1 Å². The quantitative estimate of drug-likeness (QED) is 0.478. The molecule has 0 saturated carbocycles. The number of hydrogen-bond donors (Lipinski definition) is 0. The van der Waals surface area contributed by atoms with Crippen molar-refractivity contribution in [3.8, 4) is 11.5 Å². The van der Waals surface area contributed by atoms with Crippen LogP contribution in [-0.2, 0) is 11.4 Å². The molecule has 0 heterocycles. The maximum Gasteiger partial charge on any atom is 0.310 e. The van der Waals surface area contributed by atoms with Gasteiger partial charge in [0.1, 0.15) is 18.1 Å². The molecule has 0 saturated heterocycles. The van der Waals surface area contributed by atoms with Crippen LogP contribution in [0.15, 0.2) is 30.3 Å². The zero-order valence-corrected chi connectivity index (χ0v) is 15.0. The van der Waals surface area contributed by atoms with Gasteiger partial charge < -0.3 is 9.47 Å². The Bertz CT molecular complexity index is 776. The third-order valence-corrected chi connectivity index (χ3v) is 4.18. The van der Waals surface area contributed by atoms with Crippen LogP contribution in [0.4, 0.5) is 8.78 Å². The predicted octanol–water partition coefficient (Wildman–Crippen LogP) is 5.79. The summed E-state index contributed by atoms with van der Waals surface area (Å²) in [4.78, 5) is 11.5. The van der Waals surface area contributed by atoms with Gasteiger partial charge in [0, 0.05) is 6.42 Å². The molecule has 0 aromatic heterocycles. The van der Waals surface area contributed by atoms with Crippen LogP contribution in [0.3, 0.4) is 0 Å². The first-order valence-corrected chi connectivity index (χ1v) is 8.21. The summed E-state index contributed by atoms with van der Waals surface area (Å²) in [6, 6.07) is 7.85. The molecular weight excluding hydrogens is 350 g/mol. The molecule has 0 radical (unpaired) electrons. The summed E-state index contributed by atoms with van der Waals surface area (Å²) >= 11 is 6.16. The van der Waals surface area contributed by atoms with Gasteiger partial charge in [0.15, 0.2) is 0 Å². The SMILES string of the molecule is CCC(=O)Oc1cccc(Cl)c1COc1cc(C)c(C)cc1C(F)F. The fraction of sp³-hybridized carbons (Fsp3) is 0.316. The highest BCUT2D eigenvalue weighted by atomic mass is 35.5. The van der Waals surface area contributed by atoms with E-state index < -0.39 is 12.4 Å². The van der Waals surface area contributed by atoms with Gasteiger partial charge in [-0.05, 0) is 49.2 Å². The first-order chi connectivity index (χ1) is 11.8. The number of esters is 1. The Kier molecular flexibility index (Phi) is 6.37. The maximum absolute atomic E-state index is 13.3. The van der Waals surface area contributed by atoms with Crippen molar-refractivity contribution in [2.45, 2.75) is 40.2 Å². The Labute approximate surface area is 150 Å². The maximum atomic E-state index is 13.3. The lowest BCUT2D eigenvalue weighted by molar-refractivity contribution is -0.134. The van der Waals surface area contributed by atoms with E-state index in [4.69, 9.17) is 21.1 Å². The van der Waals surface area contributed by atoms with E-state index in [1.54, 1.807) is 38.1 Å². The van der Waals surface area contributed by atoms with E-state index in [0.29, 0.717) is 10.6 Å². The standard InChI is InChI=1S/C19H19ClF2O3/c1-4-18(23)25-16-7-5-6-15(20)14(16)10-24-17-9-12(3)11(2)8-13(17)19(21)22/h5-9,19H,4,10H2,1-3H3. The number of carbonyl (C=O) groups excluding carboxylic acids is 1. The highest BCUT2D eigenvalue weighted by Gasteiger charge is 2.18. The topological polar surface area (TPSA) is 35.5 Å². The summed E-state index contributed by atoms with van der Waals surface area (Å²) in [5.41, 5.74) is 1.86. The van der Waals surface area contributed by atoms with Gasteiger partial charge >= 0.3 is 5.97 Å². The third kappa shape index (κ3) is 4.69. The molecule has 0 atom stereocenters. The average molecular weight is 369 g/mol. The van der Waals surface area contributed by atoms with E-state index in [1.807, 2.05) is 6.92 Å². The van der Waals surface area contributed by atoms with Crippen molar-refractivity contribution in [2.24, 2.45) is 0 Å². The van der Waals surface area contributed by atoms with Gasteiger partial charge in [0.25, 0.3) is 6.43 Å². The number of ether oxygens (including phenoxy) is 2. The predicted molar refractivity (Wildman–Crippen MR) is 92.6 cm³/mol. The summed E-state index contributed by atoms with van der Waals surface area (Å²) in [6.07, 6.45) is -2.45. The highest BCUT2D eigenvalue weighted by molar-refractivity contribution is 6.31. The monoisotopic (exact) mass is 368 g/mol. The average Bonchev–Trinajstić information content (AvgIpc) is 2.56. The van der Waals surface area contributed by atoms with Crippen molar-refractivity contribution in [2.75, 3.05) is 0 Å². The summed E-state index contributed by atoms with van der Waals surface area (Å²) in [5.74, 6) is -0.0597. The lowest BCUT2D eigenvalue weighted by atomic mass is 10.1. The minimum Gasteiger partial charge on any atom is -0.488 e. The Morgan fingerprint density at radius 1 is 1.16 bits per heavy atom. The van der Waals surface area contributed by atoms with Gasteiger partial charge in [-0.1, -0.05) is 24.6 Å². The van der Waals surface area contributed by atoms with E-state index in [1.165, 1.54) is 6.07 Å². The van der Waals surface area contributed by atoms with Crippen molar-refractivity contribution in [1.29, 1.82) is 0 Å². The number of halogens is 3. The molecule has 3 nitrogen and oxygen atoms in total. The van der Waals surface area contributed by atoms with Crippen molar-refractivity contribution < 1.29 is 23.0 Å². The van der Waals surface area contributed by atoms with E-state index >= 15 is 0 Å². The highest BCUT2D eigenvalue weighted by Crippen LogP contribution is 2.34. The molecule has 0 aliphatic rings. The van der Waals surface area contributed by atoms with Gasteiger partial charge in [-0.2, -0.15) is 0 Å². The Morgan fingerprint density at radius 3 is 2.48 bits per heavy atom. The second kappa shape index (κ2) is 8.30. The molecule has 6 heteroatoms. The van der Waals surface area contributed by atoms with E-state index in [2.05, 4.69) is 0 Å². The number of carbonyl (C=O) groups is 1. The minimum atomic E-state index is -2.65. The largest absolute Gasteiger partial charge is 0.488 e. The van der Waals surface area contributed by atoms with Gasteiger partial charge in [0.2, 0.25) is 0 Å². The van der Waals surface area contributed by atoms with Gasteiger partial charge in [-0.3, -0.25) is 4.79 Å². The van der Waals surface area contributed by atoms with Crippen LogP contribution in [0.25, 0.3) is 0 Å². The molecule has 2 rings (SSSR count). The smallest absolute Gasteiger partial charge is 0.310 e. The van der Waals surface area contributed by atoms with E-state index in [-0.39, 0.29) is 30.1 Å². The fourth-order valence-corrected chi connectivity index (χ4v) is 2.45. The van der Waals surface area contributed by atoms with Gasteiger partial charge in [-0.15, -0.1) is 0 Å². The molecule has 0 N–H and O–H groups in total. The van der Waals surface area contributed by atoms with Gasteiger partial charge in [0.05, 0.1) is 16.1 Å². The fourth-order valence-electron chi connectivity index (χ4n) is 2.23. The summed E-state index contributed by atoms with van der Waals surface area (Å²) in [5, 5.41) is 0.337. The summed E-state index contributed by atoms with van der Waals surface area (Å²) < 4.78 is 37.4. The molecule has 0 spiro atoms. The molecule has 0 bridgehead atoms. The lowest BCUT2D eigenvalue weighted by Gasteiger charge is -2.16. The third-order valence-electron chi connectivity index (χ3n) is 3.82. The van der Waals surface area contributed by atoms with Crippen LogP contribution in [0.2, 0.25) is 5.02 Å².